The molecule has 0 radical (unpaired) electrons. The minimum atomic E-state index is 0.543. The van der Waals surface area contributed by atoms with Crippen molar-refractivity contribution in [2.75, 3.05) is 33.3 Å². The highest BCUT2D eigenvalue weighted by atomic mass is 16.5. The molecule has 0 amide bonds. The van der Waals surface area contributed by atoms with E-state index in [0.717, 1.165) is 38.5 Å². The summed E-state index contributed by atoms with van der Waals surface area (Å²) in [4.78, 5) is 2.50. The second kappa shape index (κ2) is 6.21. The number of piperazine rings is 1. The molecule has 0 aliphatic carbocycles. The van der Waals surface area contributed by atoms with Gasteiger partial charge >= 0.3 is 0 Å². The summed E-state index contributed by atoms with van der Waals surface area (Å²) >= 11 is 0. The minimum absolute atomic E-state index is 0.543. The molecule has 1 aliphatic heterocycles. The van der Waals surface area contributed by atoms with Gasteiger partial charge in [0.05, 0.1) is 7.11 Å². The lowest BCUT2D eigenvalue weighted by Crippen LogP contribution is -2.42. The van der Waals surface area contributed by atoms with Crippen LogP contribution >= 0.6 is 0 Å². The van der Waals surface area contributed by atoms with E-state index in [4.69, 9.17) is 4.74 Å². The van der Waals surface area contributed by atoms with Gasteiger partial charge < -0.3 is 10.1 Å². The Morgan fingerprint density at radius 3 is 2.56 bits per heavy atom. The van der Waals surface area contributed by atoms with Crippen LogP contribution in [0.2, 0.25) is 0 Å². The van der Waals surface area contributed by atoms with Crippen molar-refractivity contribution in [2.45, 2.75) is 26.3 Å². The molecule has 100 valence electrons. The number of benzene rings is 1. The summed E-state index contributed by atoms with van der Waals surface area (Å²) in [5.74, 6) is 1.52. The Kier molecular flexibility index (Phi) is 4.61. The zero-order chi connectivity index (χ0) is 13.0. The SMILES string of the molecule is COc1cc(CN2CCNCC2)cc(C(C)C)c1. The second-order valence-corrected chi connectivity index (χ2v) is 5.30. The third-order valence-electron chi connectivity index (χ3n) is 3.51. The molecule has 1 aliphatic rings. The van der Waals surface area contributed by atoms with Crippen LogP contribution in [0.1, 0.15) is 30.9 Å². The normalized spacial score (nSPS) is 17.1. The van der Waals surface area contributed by atoms with Crippen molar-refractivity contribution in [1.82, 2.24) is 10.2 Å². The number of methoxy groups -OCH3 is 1. The van der Waals surface area contributed by atoms with Gasteiger partial charge in [0.2, 0.25) is 0 Å². The molecular weight excluding hydrogens is 224 g/mol. The molecule has 1 fully saturated rings. The zero-order valence-corrected chi connectivity index (χ0v) is 11.7. The smallest absolute Gasteiger partial charge is 0.119 e. The molecule has 18 heavy (non-hydrogen) atoms. The fourth-order valence-corrected chi connectivity index (χ4v) is 2.36. The maximum absolute atomic E-state index is 5.40. The van der Waals surface area contributed by atoms with Crippen molar-refractivity contribution >= 4 is 0 Å². The highest BCUT2D eigenvalue weighted by molar-refractivity contribution is 5.36. The van der Waals surface area contributed by atoms with Gasteiger partial charge in [-0.3, -0.25) is 4.90 Å². The molecule has 1 aromatic carbocycles. The highest BCUT2D eigenvalue weighted by Gasteiger charge is 2.11. The van der Waals surface area contributed by atoms with Crippen LogP contribution in [0.15, 0.2) is 18.2 Å². The van der Waals surface area contributed by atoms with E-state index in [1.165, 1.54) is 11.1 Å². The number of ether oxygens (including phenoxy) is 1. The van der Waals surface area contributed by atoms with Crippen LogP contribution in [0, 0.1) is 0 Å². The summed E-state index contributed by atoms with van der Waals surface area (Å²) < 4.78 is 5.40. The summed E-state index contributed by atoms with van der Waals surface area (Å²) in [6, 6.07) is 6.62. The maximum Gasteiger partial charge on any atom is 0.119 e. The summed E-state index contributed by atoms with van der Waals surface area (Å²) in [6.45, 7) is 9.94. The van der Waals surface area contributed by atoms with Gasteiger partial charge in [0.15, 0.2) is 0 Å². The van der Waals surface area contributed by atoms with E-state index in [9.17, 15) is 0 Å². The molecule has 0 atom stereocenters. The van der Waals surface area contributed by atoms with Crippen LogP contribution in [0.3, 0.4) is 0 Å². The third-order valence-corrected chi connectivity index (χ3v) is 3.51. The monoisotopic (exact) mass is 248 g/mol. The molecule has 1 saturated heterocycles. The molecule has 0 bridgehead atoms. The molecule has 0 unspecified atom stereocenters. The molecule has 1 heterocycles. The largest absolute Gasteiger partial charge is 0.497 e. The molecule has 1 N–H and O–H groups in total. The van der Waals surface area contributed by atoms with Crippen LogP contribution < -0.4 is 10.1 Å². The van der Waals surface area contributed by atoms with Crippen LogP contribution in [-0.2, 0) is 6.54 Å². The van der Waals surface area contributed by atoms with E-state index in [0.29, 0.717) is 5.92 Å². The van der Waals surface area contributed by atoms with Crippen molar-refractivity contribution in [3.05, 3.63) is 29.3 Å². The van der Waals surface area contributed by atoms with Gasteiger partial charge in [-0.1, -0.05) is 19.9 Å². The Morgan fingerprint density at radius 2 is 1.94 bits per heavy atom. The Morgan fingerprint density at radius 1 is 1.22 bits per heavy atom. The predicted octanol–water partition coefficient (Wildman–Crippen LogP) is 2.22. The van der Waals surface area contributed by atoms with Gasteiger partial charge in [0, 0.05) is 32.7 Å². The van der Waals surface area contributed by atoms with E-state index < -0.39 is 0 Å². The predicted molar refractivity (Wildman–Crippen MR) is 75.2 cm³/mol. The van der Waals surface area contributed by atoms with Crippen LogP contribution in [0.25, 0.3) is 0 Å². The number of nitrogens with zero attached hydrogens (tertiary/aromatic N) is 1. The third kappa shape index (κ3) is 3.47. The van der Waals surface area contributed by atoms with Gasteiger partial charge in [0.25, 0.3) is 0 Å². The molecule has 1 aromatic rings. The van der Waals surface area contributed by atoms with Gasteiger partial charge in [-0.05, 0) is 29.2 Å². The fraction of sp³-hybridized carbons (Fsp3) is 0.600. The van der Waals surface area contributed by atoms with E-state index in [-0.39, 0.29) is 0 Å². The fourth-order valence-electron chi connectivity index (χ4n) is 2.36. The molecular formula is C15H24N2O. The Balaban J connectivity index is 2.12. The first-order chi connectivity index (χ1) is 8.69. The first kappa shape index (κ1) is 13.4. The van der Waals surface area contributed by atoms with E-state index in [1.807, 2.05) is 0 Å². The van der Waals surface area contributed by atoms with Crippen LogP contribution in [0.4, 0.5) is 0 Å². The lowest BCUT2D eigenvalue weighted by molar-refractivity contribution is 0.233. The first-order valence-corrected chi connectivity index (χ1v) is 6.80. The zero-order valence-electron chi connectivity index (χ0n) is 11.7. The number of rotatable bonds is 4. The van der Waals surface area contributed by atoms with E-state index in [2.05, 4.69) is 42.3 Å². The molecule has 0 saturated carbocycles. The van der Waals surface area contributed by atoms with Gasteiger partial charge in [-0.2, -0.15) is 0 Å². The van der Waals surface area contributed by atoms with Crippen molar-refractivity contribution in [1.29, 1.82) is 0 Å². The Labute approximate surface area is 110 Å². The van der Waals surface area contributed by atoms with Crippen molar-refractivity contribution in [3.63, 3.8) is 0 Å². The minimum Gasteiger partial charge on any atom is -0.497 e. The number of nitrogens with one attached hydrogen (secondary N) is 1. The second-order valence-electron chi connectivity index (χ2n) is 5.30. The van der Waals surface area contributed by atoms with Crippen molar-refractivity contribution in [3.8, 4) is 5.75 Å². The van der Waals surface area contributed by atoms with Crippen LogP contribution in [0.5, 0.6) is 5.75 Å². The summed E-state index contributed by atoms with van der Waals surface area (Å²) in [7, 11) is 1.74. The average molecular weight is 248 g/mol. The number of hydrogen-bond acceptors (Lipinski definition) is 3. The summed E-state index contributed by atoms with van der Waals surface area (Å²) in [6.07, 6.45) is 0. The lowest BCUT2D eigenvalue weighted by Gasteiger charge is -2.27. The molecule has 3 nitrogen and oxygen atoms in total. The topological polar surface area (TPSA) is 24.5 Å². The van der Waals surface area contributed by atoms with Gasteiger partial charge in [0.1, 0.15) is 5.75 Å². The maximum atomic E-state index is 5.40. The Bertz CT molecular complexity index is 384. The molecule has 2 rings (SSSR count). The highest BCUT2D eigenvalue weighted by Crippen LogP contribution is 2.23. The quantitative estimate of drug-likeness (QED) is 0.884. The Hall–Kier alpha value is -1.06. The summed E-state index contributed by atoms with van der Waals surface area (Å²) in [5, 5.41) is 3.39. The standard InChI is InChI=1S/C15H24N2O/c1-12(2)14-8-13(9-15(10-14)18-3)11-17-6-4-16-5-7-17/h8-10,12,16H,4-7,11H2,1-3H3. The van der Waals surface area contributed by atoms with Gasteiger partial charge in [-0.25, -0.2) is 0 Å². The van der Waals surface area contributed by atoms with Crippen molar-refractivity contribution < 1.29 is 4.74 Å². The van der Waals surface area contributed by atoms with E-state index >= 15 is 0 Å². The van der Waals surface area contributed by atoms with Crippen molar-refractivity contribution in [2.24, 2.45) is 0 Å². The first-order valence-electron chi connectivity index (χ1n) is 6.80. The molecule has 0 spiro atoms. The number of hydrogen-bond donors (Lipinski definition) is 1. The molecule has 0 aromatic heterocycles. The average Bonchev–Trinajstić information content (AvgIpc) is 2.39. The van der Waals surface area contributed by atoms with E-state index in [1.54, 1.807) is 7.11 Å². The summed E-state index contributed by atoms with van der Waals surface area (Å²) in [5.41, 5.74) is 2.72. The van der Waals surface area contributed by atoms with Crippen LogP contribution in [-0.4, -0.2) is 38.2 Å². The molecule has 3 heteroatoms. The van der Waals surface area contributed by atoms with Gasteiger partial charge in [-0.15, -0.1) is 0 Å². The lowest BCUT2D eigenvalue weighted by atomic mass is 10.00.